The minimum Gasteiger partial charge on any atom is -0.319 e. The summed E-state index contributed by atoms with van der Waals surface area (Å²) in [6.07, 6.45) is 14.4. The first-order chi connectivity index (χ1) is 12.7. The van der Waals surface area contributed by atoms with Gasteiger partial charge in [-0.05, 0) is 75.4 Å². The number of piperidine rings is 4. The van der Waals surface area contributed by atoms with Gasteiger partial charge >= 0.3 is 0 Å². The van der Waals surface area contributed by atoms with Gasteiger partial charge in [0.05, 0.1) is 0 Å². The van der Waals surface area contributed by atoms with Crippen LogP contribution in [0.15, 0.2) is 11.8 Å². The smallest absolute Gasteiger partial charge is 0.223 e. The topological polar surface area (TPSA) is 26.8 Å². The van der Waals surface area contributed by atoms with Crippen LogP contribution in [0.4, 0.5) is 0 Å². The van der Waals surface area contributed by atoms with Gasteiger partial charge in [-0.2, -0.15) is 0 Å². The van der Waals surface area contributed by atoms with Gasteiger partial charge in [-0.1, -0.05) is 12.8 Å². The van der Waals surface area contributed by atoms with Crippen LogP contribution < -0.4 is 0 Å². The van der Waals surface area contributed by atoms with Crippen LogP contribution in [0.25, 0.3) is 0 Å². The van der Waals surface area contributed by atoms with E-state index in [1.807, 2.05) is 4.90 Å². The molecule has 0 spiro atoms. The van der Waals surface area contributed by atoms with Gasteiger partial charge in [0.2, 0.25) is 5.91 Å². The van der Waals surface area contributed by atoms with E-state index in [4.69, 9.17) is 0 Å². The summed E-state index contributed by atoms with van der Waals surface area (Å²) in [6.45, 7) is 6.61. The molecule has 5 atom stereocenters. The summed E-state index contributed by atoms with van der Waals surface area (Å²) in [6, 6.07) is 2.19. The first-order valence-electron chi connectivity index (χ1n) is 11.2. The van der Waals surface area contributed by atoms with E-state index in [9.17, 15) is 4.79 Å². The molecule has 0 aliphatic carbocycles. The fraction of sp³-hybridized carbons (Fsp3) is 0.864. The standard InChI is InChI=1S/C22H35N3O/c1-16(26)23-11-6-7-17(14-23)22-19-13-18(20-8-3-5-12-25(20)22)15-24-10-4-2-9-21(19)24/h14,18-22H,2-13,15H2,1H3/t18-,19+,20+,21-,22+/m0/s1. The quantitative estimate of drug-likeness (QED) is 0.721. The minimum absolute atomic E-state index is 0.217. The van der Waals surface area contributed by atoms with Crippen molar-refractivity contribution in [2.75, 3.05) is 26.2 Å². The Morgan fingerprint density at radius 3 is 2.65 bits per heavy atom. The number of nitrogens with zero attached hydrogens (tertiary/aromatic N) is 3. The summed E-state index contributed by atoms with van der Waals surface area (Å²) in [4.78, 5) is 19.8. The van der Waals surface area contributed by atoms with Crippen molar-refractivity contribution in [3.05, 3.63) is 11.8 Å². The van der Waals surface area contributed by atoms with E-state index in [1.165, 1.54) is 71.0 Å². The van der Waals surface area contributed by atoms with Crippen LogP contribution in [0, 0.1) is 11.8 Å². The van der Waals surface area contributed by atoms with Gasteiger partial charge in [-0.25, -0.2) is 0 Å². The van der Waals surface area contributed by atoms with Gasteiger partial charge in [0.1, 0.15) is 0 Å². The zero-order chi connectivity index (χ0) is 17.7. The molecule has 0 aromatic carbocycles. The molecule has 2 bridgehead atoms. The predicted octanol–water partition coefficient (Wildman–Crippen LogP) is 3.24. The predicted molar refractivity (Wildman–Crippen MR) is 104 cm³/mol. The van der Waals surface area contributed by atoms with Crippen molar-refractivity contribution in [1.29, 1.82) is 0 Å². The zero-order valence-corrected chi connectivity index (χ0v) is 16.4. The molecule has 26 heavy (non-hydrogen) atoms. The Bertz CT molecular complexity index is 586. The van der Waals surface area contributed by atoms with E-state index in [0.29, 0.717) is 6.04 Å². The lowest BCUT2D eigenvalue weighted by molar-refractivity contribution is -0.127. The average molecular weight is 358 g/mol. The van der Waals surface area contributed by atoms with Crippen molar-refractivity contribution in [2.24, 2.45) is 11.8 Å². The Morgan fingerprint density at radius 2 is 1.81 bits per heavy atom. The monoisotopic (exact) mass is 357 g/mol. The molecule has 0 unspecified atom stereocenters. The molecule has 4 nitrogen and oxygen atoms in total. The Balaban J connectivity index is 1.51. The fourth-order valence-corrected chi connectivity index (χ4v) is 7.05. The number of rotatable bonds is 1. The van der Waals surface area contributed by atoms with E-state index < -0.39 is 0 Å². The highest BCUT2D eigenvalue weighted by molar-refractivity contribution is 5.74. The highest BCUT2D eigenvalue weighted by atomic mass is 16.2. The summed E-state index contributed by atoms with van der Waals surface area (Å²) in [5.41, 5.74) is 1.58. The maximum Gasteiger partial charge on any atom is 0.223 e. The zero-order valence-electron chi connectivity index (χ0n) is 16.4. The lowest BCUT2D eigenvalue weighted by Gasteiger charge is -2.61. The Hall–Kier alpha value is -0.870. The Morgan fingerprint density at radius 1 is 1.00 bits per heavy atom. The van der Waals surface area contributed by atoms with Gasteiger partial charge in [0.25, 0.3) is 0 Å². The van der Waals surface area contributed by atoms with Crippen LogP contribution >= 0.6 is 0 Å². The van der Waals surface area contributed by atoms with Crippen LogP contribution in [-0.4, -0.2) is 64.9 Å². The largest absolute Gasteiger partial charge is 0.319 e. The van der Waals surface area contributed by atoms with E-state index in [1.54, 1.807) is 12.5 Å². The number of amides is 1. The number of fused-ring (bicyclic) bond motifs is 6. The van der Waals surface area contributed by atoms with Crippen molar-refractivity contribution in [3.63, 3.8) is 0 Å². The molecule has 5 aliphatic rings. The van der Waals surface area contributed by atoms with Crippen molar-refractivity contribution in [1.82, 2.24) is 14.7 Å². The highest BCUT2D eigenvalue weighted by Crippen LogP contribution is 2.48. The summed E-state index contributed by atoms with van der Waals surface area (Å²) in [5.74, 6) is 1.90. The molecule has 5 heterocycles. The minimum atomic E-state index is 0.217. The average Bonchev–Trinajstić information content (AvgIpc) is 2.68. The summed E-state index contributed by atoms with van der Waals surface area (Å²) in [5, 5.41) is 0. The lowest BCUT2D eigenvalue weighted by atomic mass is 9.65. The second kappa shape index (κ2) is 6.94. The highest BCUT2D eigenvalue weighted by Gasteiger charge is 2.52. The van der Waals surface area contributed by atoms with Crippen LogP contribution in [0.3, 0.4) is 0 Å². The molecule has 0 aromatic heterocycles. The first kappa shape index (κ1) is 17.2. The lowest BCUT2D eigenvalue weighted by Crippen LogP contribution is -2.67. The van der Waals surface area contributed by atoms with Gasteiger partial charge in [-0.3, -0.25) is 14.6 Å². The molecule has 5 rings (SSSR count). The van der Waals surface area contributed by atoms with Crippen molar-refractivity contribution < 1.29 is 4.79 Å². The number of carbonyl (C=O) groups excluding carboxylic acids is 1. The molecular weight excluding hydrogens is 322 g/mol. The van der Waals surface area contributed by atoms with Gasteiger partial charge in [-0.15, -0.1) is 0 Å². The maximum atomic E-state index is 12.0. The van der Waals surface area contributed by atoms with Crippen molar-refractivity contribution in [3.8, 4) is 0 Å². The van der Waals surface area contributed by atoms with E-state index in [0.717, 1.165) is 36.9 Å². The molecule has 0 saturated carbocycles. The molecular formula is C22H35N3O. The van der Waals surface area contributed by atoms with Crippen LogP contribution in [-0.2, 0) is 4.79 Å². The number of carbonyl (C=O) groups is 1. The van der Waals surface area contributed by atoms with Crippen molar-refractivity contribution in [2.45, 2.75) is 82.8 Å². The molecule has 0 aromatic rings. The van der Waals surface area contributed by atoms with Gasteiger partial charge < -0.3 is 4.90 Å². The molecule has 4 saturated heterocycles. The van der Waals surface area contributed by atoms with Crippen molar-refractivity contribution >= 4 is 5.91 Å². The molecule has 4 fully saturated rings. The third kappa shape index (κ3) is 2.84. The Labute approximate surface area is 158 Å². The number of hydrogen-bond donors (Lipinski definition) is 0. The summed E-state index contributed by atoms with van der Waals surface area (Å²) < 4.78 is 0. The summed E-state index contributed by atoms with van der Waals surface area (Å²) >= 11 is 0. The van der Waals surface area contributed by atoms with Gasteiger partial charge in [0, 0.05) is 44.3 Å². The van der Waals surface area contributed by atoms with E-state index >= 15 is 0 Å². The van der Waals surface area contributed by atoms with E-state index in [-0.39, 0.29) is 5.91 Å². The van der Waals surface area contributed by atoms with Gasteiger partial charge in [0.15, 0.2) is 0 Å². The second-order valence-electron chi connectivity index (χ2n) is 9.48. The first-order valence-corrected chi connectivity index (χ1v) is 11.2. The summed E-state index contributed by atoms with van der Waals surface area (Å²) in [7, 11) is 0. The molecule has 144 valence electrons. The van der Waals surface area contributed by atoms with E-state index in [2.05, 4.69) is 16.0 Å². The Kier molecular flexibility index (Phi) is 4.60. The van der Waals surface area contributed by atoms with Crippen LogP contribution in [0.1, 0.15) is 64.7 Å². The molecule has 0 radical (unpaired) electrons. The normalized spacial score (nSPS) is 41.2. The van der Waals surface area contributed by atoms with Crippen LogP contribution in [0.2, 0.25) is 0 Å². The third-order valence-electron chi connectivity index (χ3n) is 8.07. The second-order valence-corrected chi connectivity index (χ2v) is 9.48. The third-order valence-corrected chi connectivity index (χ3v) is 8.07. The number of hydrogen-bond acceptors (Lipinski definition) is 3. The molecule has 5 aliphatic heterocycles. The molecule has 1 amide bonds. The maximum absolute atomic E-state index is 12.0. The fourth-order valence-electron chi connectivity index (χ4n) is 7.05. The SMILES string of the molecule is CC(=O)N1C=C([C@@H]2[C@@H]3C[C@@H](CN4CCCC[C@@H]34)[C@H]3CCCCN32)CCC1. The molecule has 4 heteroatoms. The molecule has 0 N–H and O–H groups in total. The van der Waals surface area contributed by atoms with Crippen LogP contribution in [0.5, 0.6) is 0 Å².